The number of phenols is 2. The molecule has 2 aromatic rings. The fourth-order valence-electron chi connectivity index (χ4n) is 9.17. The van der Waals surface area contributed by atoms with Gasteiger partial charge < -0.3 is 54.3 Å². The van der Waals surface area contributed by atoms with Crippen LogP contribution in [0, 0.1) is 30.6 Å². The molecule has 65 heavy (non-hydrogen) atoms. The summed E-state index contributed by atoms with van der Waals surface area (Å²) in [4.78, 5) is 66.0. The number of ether oxygens (including phenoxy) is 5. The molecule has 1 spiro atoms. The van der Waals surface area contributed by atoms with Crippen molar-refractivity contribution in [1.29, 1.82) is 0 Å². The van der Waals surface area contributed by atoms with E-state index in [4.69, 9.17) is 33.7 Å². The lowest BCUT2D eigenvalue weighted by molar-refractivity contribution is -0.160. The molecule has 5 N–H and O–H groups in total. The highest BCUT2D eigenvalue weighted by molar-refractivity contribution is 6.19. The minimum absolute atomic E-state index is 0.0140. The van der Waals surface area contributed by atoms with E-state index in [-0.39, 0.29) is 56.2 Å². The van der Waals surface area contributed by atoms with Gasteiger partial charge in [-0.15, -0.1) is 0 Å². The first-order chi connectivity index (χ1) is 30.3. The second-order valence-electron chi connectivity index (χ2n) is 19.2. The second-order valence-corrected chi connectivity index (χ2v) is 19.2. The number of phenolic OH excluding ortho intramolecular Hbond substituents is 2. The van der Waals surface area contributed by atoms with Crippen LogP contribution in [0.2, 0.25) is 0 Å². The number of fused-ring (bicyclic) bond motifs is 1. The Morgan fingerprint density at radius 1 is 0.938 bits per heavy atom. The molecule has 1 fully saturated rings. The molecular weight excluding hydrogens is 841 g/mol. The van der Waals surface area contributed by atoms with Crippen molar-refractivity contribution in [3.8, 4) is 17.2 Å². The third-order valence-electron chi connectivity index (χ3n) is 13.2. The number of allylic oxidation sites excluding steroid dienone is 2. The van der Waals surface area contributed by atoms with Gasteiger partial charge in [0.05, 0.1) is 53.0 Å². The van der Waals surface area contributed by atoms with Gasteiger partial charge >= 0.3 is 17.8 Å². The van der Waals surface area contributed by atoms with E-state index in [1.165, 1.54) is 46.3 Å². The number of esters is 1. The monoisotopic (exact) mass is 904 g/mol. The van der Waals surface area contributed by atoms with E-state index in [0.717, 1.165) is 0 Å². The van der Waals surface area contributed by atoms with E-state index in [9.17, 15) is 39.6 Å². The molecule has 1 saturated heterocycles. The number of nitrogens with one attached hydrogen (secondary N) is 1. The molecule has 2 amide bonds. The number of benzene rings is 2. The van der Waals surface area contributed by atoms with Crippen LogP contribution in [-0.2, 0) is 28.5 Å². The fraction of sp³-hybridized carbons (Fsp3) is 0.583. The van der Waals surface area contributed by atoms with E-state index < -0.39 is 100 Å². The van der Waals surface area contributed by atoms with Crippen LogP contribution >= 0.6 is 0 Å². The molecule has 4 aliphatic heterocycles. The zero-order valence-corrected chi connectivity index (χ0v) is 39.3. The molecule has 0 aromatic heterocycles. The summed E-state index contributed by atoms with van der Waals surface area (Å²) < 4.78 is 29.6. The van der Waals surface area contributed by atoms with Crippen molar-refractivity contribution in [3.63, 3.8) is 0 Å². The molecule has 4 heterocycles. The topological polar surface area (TPSA) is 235 Å². The lowest BCUT2D eigenvalue weighted by Gasteiger charge is -2.39. The van der Waals surface area contributed by atoms with Crippen molar-refractivity contribution in [2.45, 2.75) is 130 Å². The number of nitrogens with zero attached hydrogens (tertiary/aromatic N) is 3. The molecule has 0 radical (unpaired) electrons. The highest BCUT2D eigenvalue weighted by atomic mass is 16.7. The van der Waals surface area contributed by atoms with E-state index >= 15 is 0 Å². The average molecular weight is 905 g/mol. The predicted molar refractivity (Wildman–Crippen MR) is 239 cm³/mol. The number of likely N-dealkylation sites (tertiary alicyclic amines) is 1. The number of rotatable bonds is 2. The molecule has 0 saturated carbocycles. The number of Topliss-reactive ketones (excluding diaryl/α,β-unsaturated/α-hetero) is 1. The first-order valence-corrected chi connectivity index (χ1v) is 22.1. The molecule has 0 unspecified atom stereocenters. The lowest BCUT2D eigenvalue weighted by Crippen LogP contribution is -2.52. The molecule has 4 aliphatic rings. The molecule has 4 bridgehead atoms. The van der Waals surface area contributed by atoms with Crippen molar-refractivity contribution < 1.29 is 63.3 Å². The van der Waals surface area contributed by atoms with Gasteiger partial charge in [-0.2, -0.15) is 0 Å². The summed E-state index contributed by atoms with van der Waals surface area (Å²) in [6, 6.07) is 0. The average Bonchev–Trinajstić information content (AvgIpc) is 3.51. The Hall–Kier alpha value is -5.52. The van der Waals surface area contributed by atoms with E-state index in [0.29, 0.717) is 25.9 Å². The highest BCUT2D eigenvalue weighted by Crippen LogP contribution is 2.49. The van der Waals surface area contributed by atoms with Crippen molar-refractivity contribution >= 4 is 40.2 Å². The summed E-state index contributed by atoms with van der Waals surface area (Å²) in [5.74, 6) is -7.38. The summed E-state index contributed by atoms with van der Waals surface area (Å²) in [5.41, 5.74) is -1.43. The van der Waals surface area contributed by atoms with Gasteiger partial charge in [-0.05, 0) is 53.5 Å². The summed E-state index contributed by atoms with van der Waals surface area (Å²) in [5, 5.41) is 49.9. The van der Waals surface area contributed by atoms with Crippen LogP contribution in [0.1, 0.15) is 98.0 Å². The number of aliphatic hydroxyl groups excluding tert-OH is 2. The maximum absolute atomic E-state index is 14.8. The number of amides is 2. The van der Waals surface area contributed by atoms with Crippen molar-refractivity contribution in [3.05, 3.63) is 58.0 Å². The first-order valence-electron chi connectivity index (χ1n) is 22.1. The Morgan fingerprint density at radius 3 is 2.22 bits per heavy atom. The molecule has 354 valence electrons. The SMILES string of the molecule is CO[C@H]1/C=C/O[C@@]2(C)Oc3c(C)c(O)c4c(O)c(c5c(c4c3C2=O)=NC2(CCN(C(=O)OC(C)(C)C)CC2)CN=5)NC(=O)/C(C)=C\C=C\[C@H](C)[C@H](O)[C@@H](C)[C@@H](O)[C@@H](C)[C@H](OC(C)=O)[C@@H]1C. The number of piperidine rings is 1. The number of aromatic hydroxyl groups is 2. The number of methoxy groups -OCH3 is 1. The molecule has 0 aliphatic carbocycles. The van der Waals surface area contributed by atoms with Gasteiger partial charge in [0.15, 0.2) is 5.75 Å². The Balaban J connectivity index is 1.54. The van der Waals surface area contributed by atoms with Gasteiger partial charge in [0.1, 0.15) is 34.2 Å². The zero-order valence-electron chi connectivity index (χ0n) is 39.3. The fourth-order valence-corrected chi connectivity index (χ4v) is 9.17. The Kier molecular flexibility index (Phi) is 13.8. The van der Waals surface area contributed by atoms with Gasteiger partial charge in [0, 0.05) is 74.2 Å². The van der Waals surface area contributed by atoms with Crippen molar-refractivity contribution in [2.24, 2.45) is 33.7 Å². The number of carbonyl (C=O) groups excluding carboxylic acids is 4. The number of ketones is 1. The lowest BCUT2D eigenvalue weighted by atomic mass is 9.78. The summed E-state index contributed by atoms with van der Waals surface area (Å²) >= 11 is 0. The smallest absolute Gasteiger partial charge is 0.410 e. The largest absolute Gasteiger partial charge is 0.507 e. The van der Waals surface area contributed by atoms with Crippen LogP contribution in [0.3, 0.4) is 0 Å². The summed E-state index contributed by atoms with van der Waals surface area (Å²) in [6.07, 6.45) is 3.98. The molecule has 9 atom stereocenters. The standard InChI is InChI=1S/C48H64N4O13/c1-23-14-13-15-24(2)44(59)50-36-35-34(51-48(22-49-35)17-19-52(20-18-48)45(60)65-46(8,9)10)31-32(40(36)57)39(56)28(6)42-33(31)43(58)47(11,64-42)62-21-16-30(61-12)25(3)41(63-29(7)53)27(5)38(55)26(4)37(23)54/h13-16,21,23,25-27,30,37-38,41,54-57H,17-20,22H2,1-12H3,(H,50,59)/b14-13+,21-16+,24-15-/t23-,25+,26+,27+,30-,37-,38+,41+,47-/m0/s1. The van der Waals surface area contributed by atoms with Crippen LogP contribution in [0.5, 0.6) is 17.2 Å². The number of hydrogen-bond acceptors (Lipinski definition) is 15. The molecule has 2 aromatic carbocycles. The number of anilines is 1. The minimum atomic E-state index is -2.02. The molecule has 17 nitrogen and oxygen atoms in total. The van der Waals surface area contributed by atoms with Crippen LogP contribution in [0.25, 0.3) is 10.8 Å². The summed E-state index contributed by atoms with van der Waals surface area (Å²) in [7, 11) is 1.45. The predicted octanol–water partition coefficient (Wildman–Crippen LogP) is 5.07. The van der Waals surface area contributed by atoms with Gasteiger partial charge in [0.2, 0.25) is 0 Å². The maximum Gasteiger partial charge on any atom is 0.410 e. The maximum atomic E-state index is 14.8. The second kappa shape index (κ2) is 18.4. The minimum Gasteiger partial charge on any atom is -0.507 e. The summed E-state index contributed by atoms with van der Waals surface area (Å²) in [6.45, 7) is 18.8. The Morgan fingerprint density at radius 2 is 1.60 bits per heavy atom. The third-order valence-corrected chi connectivity index (χ3v) is 13.2. The van der Waals surface area contributed by atoms with E-state index in [1.807, 2.05) is 0 Å². The number of aliphatic hydroxyl groups is 2. The number of carbonyl (C=O) groups is 4. The van der Waals surface area contributed by atoms with Gasteiger partial charge in [0.25, 0.3) is 11.7 Å². The molecule has 6 rings (SSSR count). The first kappa shape index (κ1) is 48.9. The zero-order chi connectivity index (χ0) is 48.1. The van der Waals surface area contributed by atoms with Gasteiger partial charge in [-0.1, -0.05) is 45.9 Å². The van der Waals surface area contributed by atoms with Crippen LogP contribution in [-0.4, -0.2) is 117 Å². The molecule has 17 heteroatoms. The third kappa shape index (κ3) is 9.45. The van der Waals surface area contributed by atoms with Crippen LogP contribution in [0.4, 0.5) is 10.5 Å². The van der Waals surface area contributed by atoms with Crippen molar-refractivity contribution in [2.75, 3.05) is 32.1 Å². The Bertz CT molecular complexity index is 2470. The van der Waals surface area contributed by atoms with Crippen LogP contribution in [0.15, 0.2) is 46.1 Å². The van der Waals surface area contributed by atoms with Crippen LogP contribution < -0.4 is 20.8 Å². The van der Waals surface area contributed by atoms with E-state index in [2.05, 4.69) is 5.32 Å². The molecular formula is C48H64N4O13. The van der Waals surface area contributed by atoms with Crippen molar-refractivity contribution in [1.82, 2.24) is 4.90 Å². The van der Waals surface area contributed by atoms with Gasteiger partial charge in [-0.25, -0.2) is 4.79 Å². The highest BCUT2D eigenvalue weighted by Gasteiger charge is 2.50. The number of hydrogen-bond donors (Lipinski definition) is 5. The van der Waals surface area contributed by atoms with E-state index in [1.54, 1.807) is 72.4 Å². The van der Waals surface area contributed by atoms with Gasteiger partial charge in [-0.3, -0.25) is 24.4 Å². The normalized spacial score (nSPS) is 31.4. The quantitative estimate of drug-likeness (QED) is 0.196. The Labute approximate surface area is 378 Å².